The van der Waals surface area contributed by atoms with Crippen LogP contribution in [0.4, 0.5) is 10.5 Å². The maximum Gasteiger partial charge on any atom is 0.323 e. The second kappa shape index (κ2) is 4.47. The van der Waals surface area contributed by atoms with E-state index >= 15 is 0 Å². The number of carbonyl (C=O) groups excluding carboxylic acids is 1. The Kier molecular flexibility index (Phi) is 3.29. The molecule has 2 amide bonds. The fraction of sp³-hybridized carbons (Fsp3) is 0.273. The number of nitrogens with zero attached hydrogens (tertiary/aromatic N) is 3. The zero-order valence-corrected chi connectivity index (χ0v) is 9.06. The molecule has 0 radical (unpaired) electrons. The summed E-state index contributed by atoms with van der Waals surface area (Å²) in [6.45, 7) is 0. The zero-order chi connectivity index (χ0) is 11.4. The Morgan fingerprint density at radius 1 is 1.20 bits per heavy atom. The smallest absolute Gasteiger partial charge is 0.323 e. The van der Waals surface area contributed by atoms with Crippen molar-refractivity contribution in [1.29, 1.82) is 5.26 Å². The molecule has 1 aromatic carbocycles. The maximum absolute atomic E-state index is 11.6. The number of benzene rings is 1. The van der Waals surface area contributed by atoms with Gasteiger partial charge in [-0.2, -0.15) is 5.26 Å². The maximum atomic E-state index is 11.6. The van der Waals surface area contributed by atoms with E-state index in [0.29, 0.717) is 5.56 Å². The van der Waals surface area contributed by atoms with Gasteiger partial charge in [0.25, 0.3) is 0 Å². The number of anilines is 1. The molecule has 4 heteroatoms. The Morgan fingerprint density at radius 3 is 2.13 bits per heavy atom. The second-order valence-electron chi connectivity index (χ2n) is 3.39. The fourth-order valence-electron chi connectivity index (χ4n) is 1.17. The van der Waals surface area contributed by atoms with E-state index in [1.165, 1.54) is 9.80 Å². The first-order valence-electron chi connectivity index (χ1n) is 4.51. The Labute approximate surface area is 89.3 Å². The molecule has 1 rings (SSSR count). The molecule has 0 spiro atoms. The molecule has 0 heterocycles. The van der Waals surface area contributed by atoms with Gasteiger partial charge in [0.2, 0.25) is 0 Å². The number of hydrogen-bond donors (Lipinski definition) is 0. The van der Waals surface area contributed by atoms with Crippen LogP contribution in [0.15, 0.2) is 24.3 Å². The Morgan fingerprint density at radius 2 is 1.73 bits per heavy atom. The van der Waals surface area contributed by atoms with Crippen LogP contribution in [0, 0.1) is 11.3 Å². The summed E-state index contributed by atoms with van der Waals surface area (Å²) in [6.07, 6.45) is 0. The van der Waals surface area contributed by atoms with Crippen LogP contribution >= 0.6 is 0 Å². The van der Waals surface area contributed by atoms with Crippen molar-refractivity contribution in [3.05, 3.63) is 29.8 Å². The van der Waals surface area contributed by atoms with Gasteiger partial charge >= 0.3 is 6.03 Å². The molecule has 0 saturated heterocycles. The highest BCUT2D eigenvalue weighted by molar-refractivity contribution is 5.91. The van der Waals surface area contributed by atoms with Crippen molar-refractivity contribution in [2.24, 2.45) is 0 Å². The molecule has 0 aliphatic carbocycles. The number of hydrogen-bond acceptors (Lipinski definition) is 2. The Hall–Kier alpha value is -2.02. The SMILES string of the molecule is CN(C)C(=O)N(C)c1ccc(C#N)cc1. The number of nitriles is 1. The van der Waals surface area contributed by atoms with Gasteiger partial charge in [0, 0.05) is 26.8 Å². The van der Waals surface area contributed by atoms with Crippen molar-refractivity contribution >= 4 is 11.7 Å². The van der Waals surface area contributed by atoms with Crippen molar-refractivity contribution in [2.75, 3.05) is 26.0 Å². The number of carbonyl (C=O) groups is 1. The molecule has 0 N–H and O–H groups in total. The van der Waals surface area contributed by atoms with Crippen molar-refractivity contribution in [1.82, 2.24) is 4.90 Å². The summed E-state index contributed by atoms with van der Waals surface area (Å²) in [5.41, 5.74) is 1.36. The summed E-state index contributed by atoms with van der Waals surface area (Å²) < 4.78 is 0. The highest BCUT2D eigenvalue weighted by Crippen LogP contribution is 2.14. The lowest BCUT2D eigenvalue weighted by Gasteiger charge is -2.21. The van der Waals surface area contributed by atoms with E-state index in [9.17, 15) is 4.79 Å². The van der Waals surface area contributed by atoms with Crippen LogP contribution in [0.25, 0.3) is 0 Å². The first-order chi connectivity index (χ1) is 7.06. The molecule has 4 nitrogen and oxygen atoms in total. The van der Waals surface area contributed by atoms with Crippen LogP contribution < -0.4 is 4.90 Å². The molecule has 0 aliphatic heterocycles. The van der Waals surface area contributed by atoms with Crippen molar-refractivity contribution in [3.63, 3.8) is 0 Å². The van der Waals surface area contributed by atoms with Crippen molar-refractivity contribution in [3.8, 4) is 6.07 Å². The Bertz CT molecular complexity index is 389. The summed E-state index contributed by atoms with van der Waals surface area (Å²) >= 11 is 0. The quantitative estimate of drug-likeness (QED) is 0.697. The minimum atomic E-state index is -0.0975. The largest absolute Gasteiger partial charge is 0.330 e. The van der Waals surface area contributed by atoms with Gasteiger partial charge in [-0.15, -0.1) is 0 Å². The number of urea groups is 1. The van der Waals surface area contributed by atoms with Crippen molar-refractivity contribution in [2.45, 2.75) is 0 Å². The summed E-state index contributed by atoms with van der Waals surface area (Å²) in [5.74, 6) is 0. The lowest BCUT2D eigenvalue weighted by atomic mass is 10.2. The summed E-state index contributed by atoms with van der Waals surface area (Å²) in [7, 11) is 5.09. The summed E-state index contributed by atoms with van der Waals surface area (Å²) in [4.78, 5) is 14.6. The van der Waals surface area contributed by atoms with Gasteiger partial charge in [-0.3, -0.25) is 4.90 Å². The molecule has 0 fully saturated rings. The molecule has 0 atom stereocenters. The lowest BCUT2D eigenvalue weighted by Crippen LogP contribution is -2.36. The van der Waals surface area contributed by atoms with E-state index in [2.05, 4.69) is 0 Å². The molecular weight excluding hydrogens is 190 g/mol. The predicted octanol–water partition coefficient (Wildman–Crippen LogP) is 1.68. The van der Waals surface area contributed by atoms with Crippen LogP contribution in [0.1, 0.15) is 5.56 Å². The third-order valence-corrected chi connectivity index (χ3v) is 2.05. The molecule has 1 aromatic rings. The van der Waals surface area contributed by atoms with Gasteiger partial charge in [-0.05, 0) is 24.3 Å². The Balaban J connectivity index is 2.88. The third-order valence-electron chi connectivity index (χ3n) is 2.05. The topological polar surface area (TPSA) is 47.3 Å². The highest BCUT2D eigenvalue weighted by atomic mass is 16.2. The van der Waals surface area contributed by atoms with Gasteiger partial charge in [0.05, 0.1) is 11.6 Å². The minimum absolute atomic E-state index is 0.0975. The van der Waals surface area contributed by atoms with E-state index in [1.54, 1.807) is 45.4 Å². The van der Waals surface area contributed by atoms with Crippen molar-refractivity contribution < 1.29 is 4.79 Å². The molecular formula is C11H13N3O. The number of rotatable bonds is 1. The fourth-order valence-corrected chi connectivity index (χ4v) is 1.17. The van der Waals surface area contributed by atoms with Crippen LogP contribution in [0.3, 0.4) is 0 Å². The van der Waals surface area contributed by atoms with E-state index < -0.39 is 0 Å². The van der Waals surface area contributed by atoms with Gasteiger partial charge in [-0.1, -0.05) is 0 Å². The first kappa shape index (κ1) is 11.1. The van der Waals surface area contributed by atoms with Gasteiger partial charge < -0.3 is 4.90 Å². The second-order valence-corrected chi connectivity index (χ2v) is 3.39. The van der Waals surface area contributed by atoms with E-state index in [4.69, 9.17) is 5.26 Å². The average Bonchev–Trinajstić information content (AvgIpc) is 2.27. The van der Waals surface area contributed by atoms with Gasteiger partial charge in [-0.25, -0.2) is 4.79 Å². The molecule has 0 bridgehead atoms. The summed E-state index contributed by atoms with van der Waals surface area (Å²) in [6, 6.07) is 8.81. The van der Waals surface area contributed by atoms with E-state index in [0.717, 1.165) is 5.69 Å². The normalized spacial score (nSPS) is 9.20. The monoisotopic (exact) mass is 203 g/mol. The van der Waals surface area contributed by atoms with Crippen LogP contribution in [0.2, 0.25) is 0 Å². The number of amides is 2. The van der Waals surface area contributed by atoms with Gasteiger partial charge in [0.1, 0.15) is 0 Å². The first-order valence-corrected chi connectivity index (χ1v) is 4.51. The van der Waals surface area contributed by atoms with Crippen LogP contribution in [-0.2, 0) is 0 Å². The van der Waals surface area contributed by atoms with Crippen LogP contribution in [-0.4, -0.2) is 32.1 Å². The molecule has 0 aromatic heterocycles. The standard InChI is InChI=1S/C11H13N3O/c1-13(2)11(15)14(3)10-6-4-9(8-12)5-7-10/h4-7H,1-3H3. The van der Waals surface area contributed by atoms with E-state index in [1.807, 2.05) is 6.07 Å². The predicted molar refractivity (Wildman–Crippen MR) is 58.6 cm³/mol. The molecule has 0 aliphatic rings. The molecule has 15 heavy (non-hydrogen) atoms. The van der Waals surface area contributed by atoms with Gasteiger partial charge in [0.15, 0.2) is 0 Å². The third kappa shape index (κ3) is 2.47. The minimum Gasteiger partial charge on any atom is -0.330 e. The van der Waals surface area contributed by atoms with E-state index in [-0.39, 0.29) is 6.03 Å². The molecule has 78 valence electrons. The van der Waals surface area contributed by atoms with Crippen LogP contribution in [0.5, 0.6) is 0 Å². The molecule has 0 unspecified atom stereocenters. The average molecular weight is 203 g/mol. The summed E-state index contributed by atoms with van der Waals surface area (Å²) in [5, 5.41) is 8.63. The molecule has 0 saturated carbocycles. The highest BCUT2D eigenvalue weighted by Gasteiger charge is 2.11. The zero-order valence-electron chi connectivity index (χ0n) is 9.06. The lowest BCUT2D eigenvalue weighted by molar-refractivity contribution is 0.225.